The minimum Gasteiger partial charge on any atom is -0.454 e. The molecule has 0 spiro atoms. The Hall–Kier alpha value is -2.42. The van der Waals surface area contributed by atoms with Gasteiger partial charge in [-0.3, -0.25) is 0 Å². The van der Waals surface area contributed by atoms with Gasteiger partial charge in [0.15, 0.2) is 18.0 Å². The normalized spacial score (nSPS) is 21.5. The summed E-state index contributed by atoms with van der Waals surface area (Å²) in [6.45, 7) is 6.64. The molecule has 0 bridgehead atoms. The van der Waals surface area contributed by atoms with Gasteiger partial charge in [0.25, 0.3) is 11.8 Å². The van der Waals surface area contributed by atoms with Crippen molar-refractivity contribution >= 4 is 11.3 Å². The van der Waals surface area contributed by atoms with Crippen molar-refractivity contribution in [2.45, 2.75) is 13.1 Å². The van der Waals surface area contributed by atoms with Crippen LogP contribution in [-0.2, 0) is 13.1 Å². The number of nitrogens with one attached hydrogen (secondary N) is 2. The molecule has 0 unspecified atom stereocenters. The summed E-state index contributed by atoms with van der Waals surface area (Å²) in [5.74, 6) is 3.08. The van der Waals surface area contributed by atoms with Crippen LogP contribution in [0.2, 0.25) is 0 Å². The number of aromatic nitrogens is 2. The number of piperazine rings is 1. The fourth-order valence-corrected chi connectivity index (χ4v) is 4.33. The molecule has 2 N–H and O–H groups in total. The average molecular weight is 386 g/mol. The number of rotatable bonds is 5. The van der Waals surface area contributed by atoms with E-state index in [9.17, 15) is 0 Å². The molecule has 4 heterocycles. The lowest BCUT2D eigenvalue weighted by Crippen LogP contribution is -3.27. The van der Waals surface area contributed by atoms with E-state index in [-0.39, 0.29) is 0 Å². The number of hydrogen-bond donors (Lipinski definition) is 2. The molecule has 7 nitrogen and oxygen atoms in total. The van der Waals surface area contributed by atoms with Gasteiger partial charge in [-0.2, -0.15) is 0 Å². The lowest BCUT2D eigenvalue weighted by molar-refractivity contribution is -1.02. The van der Waals surface area contributed by atoms with Crippen molar-refractivity contribution in [1.82, 2.24) is 10.2 Å². The summed E-state index contributed by atoms with van der Waals surface area (Å²) < 4.78 is 16.7. The van der Waals surface area contributed by atoms with Crippen LogP contribution in [0, 0.1) is 0 Å². The largest absolute Gasteiger partial charge is 0.454 e. The Balaban J connectivity index is 1.14. The Morgan fingerprint density at radius 3 is 2.56 bits per heavy atom. The first-order chi connectivity index (χ1) is 13.3. The number of fused-ring (bicyclic) bond motifs is 1. The van der Waals surface area contributed by atoms with Crippen molar-refractivity contribution in [2.24, 2.45) is 0 Å². The summed E-state index contributed by atoms with van der Waals surface area (Å²) in [5.41, 5.74) is 1.30. The van der Waals surface area contributed by atoms with E-state index in [0.29, 0.717) is 12.7 Å². The highest BCUT2D eigenvalue weighted by Crippen LogP contribution is 2.32. The third kappa shape index (κ3) is 3.69. The van der Waals surface area contributed by atoms with Gasteiger partial charge in [-0.15, -0.1) is 21.5 Å². The monoisotopic (exact) mass is 386 g/mol. The number of quaternary nitrogens is 2. The van der Waals surface area contributed by atoms with Gasteiger partial charge >= 0.3 is 0 Å². The Labute approximate surface area is 161 Å². The van der Waals surface area contributed by atoms with E-state index in [2.05, 4.69) is 22.3 Å². The zero-order valence-electron chi connectivity index (χ0n) is 14.9. The minimum atomic E-state index is 0.331. The molecule has 0 aliphatic carbocycles. The Bertz CT molecular complexity index is 904. The van der Waals surface area contributed by atoms with Crippen LogP contribution in [0.1, 0.15) is 11.5 Å². The highest BCUT2D eigenvalue weighted by molar-refractivity contribution is 7.13. The molecular weight excluding hydrogens is 364 g/mol. The lowest BCUT2D eigenvalue weighted by Gasteiger charge is -2.29. The summed E-state index contributed by atoms with van der Waals surface area (Å²) in [6, 6.07) is 10.3. The fourth-order valence-electron chi connectivity index (χ4n) is 3.69. The van der Waals surface area contributed by atoms with Crippen LogP contribution in [-0.4, -0.2) is 43.2 Å². The van der Waals surface area contributed by atoms with Gasteiger partial charge in [-0.1, -0.05) is 6.07 Å². The molecule has 140 valence electrons. The molecule has 0 atom stereocenters. The van der Waals surface area contributed by atoms with Gasteiger partial charge in [0, 0.05) is 5.56 Å². The highest BCUT2D eigenvalue weighted by atomic mass is 32.1. The van der Waals surface area contributed by atoms with E-state index >= 15 is 0 Å². The van der Waals surface area contributed by atoms with Crippen molar-refractivity contribution in [1.29, 1.82) is 0 Å². The van der Waals surface area contributed by atoms with Gasteiger partial charge in [-0.25, -0.2) is 0 Å². The summed E-state index contributed by atoms with van der Waals surface area (Å²) in [6.07, 6.45) is 0. The molecule has 1 aromatic carbocycles. The second-order valence-electron chi connectivity index (χ2n) is 7.02. The third-order valence-corrected chi connectivity index (χ3v) is 6.01. The zero-order chi connectivity index (χ0) is 18.1. The van der Waals surface area contributed by atoms with Crippen molar-refractivity contribution in [3.63, 3.8) is 0 Å². The molecule has 0 radical (unpaired) electrons. The predicted octanol–water partition coefficient (Wildman–Crippen LogP) is 0.0104. The zero-order valence-corrected chi connectivity index (χ0v) is 15.8. The van der Waals surface area contributed by atoms with E-state index in [1.165, 1.54) is 10.5 Å². The fraction of sp³-hybridized carbons (Fsp3) is 0.368. The van der Waals surface area contributed by atoms with Gasteiger partial charge in [0.2, 0.25) is 6.79 Å². The van der Waals surface area contributed by atoms with Crippen molar-refractivity contribution in [3.8, 4) is 22.3 Å². The molecule has 5 rings (SSSR count). The Morgan fingerprint density at radius 2 is 1.74 bits per heavy atom. The van der Waals surface area contributed by atoms with E-state index in [1.54, 1.807) is 16.2 Å². The molecule has 0 saturated carbocycles. The predicted molar refractivity (Wildman–Crippen MR) is 99.0 cm³/mol. The lowest BCUT2D eigenvalue weighted by atomic mass is 10.1. The van der Waals surface area contributed by atoms with Crippen LogP contribution in [0.4, 0.5) is 0 Å². The van der Waals surface area contributed by atoms with E-state index in [1.807, 2.05) is 23.6 Å². The summed E-state index contributed by atoms with van der Waals surface area (Å²) >= 11 is 1.62. The smallest absolute Gasteiger partial charge is 0.271 e. The molecule has 8 heteroatoms. The molecule has 2 aromatic heterocycles. The summed E-state index contributed by atoms with van der Waals surface area (Å²) in [4.78, 5) is 4.13. The second kappa shape index (κ2) is 7.30. The Kier molecular flexibility index (Phi) is 4.52. The quantitative estimate of drug-likeness (QED) is 0.647. The highest BCUT2D eigenvalue weighted by Gasteiger charge is 2.25. The third-order valence-electron chi connectivity index (χ3n) is 5.16. The van der Waals surface area contributed by atoms with Crippen molar-refractivity contribution in [3.05, 3.63) is 47.2 Å². The van der Waals surface area contributed by atoms with Crippen LogP contribution < -0.4 is 19.3 Å². The summed E-state index contributed by atoms with van der Waals surface area (Å²) in [5, 5.41) is 10.4. The van der Waals surface area contributed by atoms with Gasteiger partial charge in [-0.05, 0) is 29.6 Å². The maximum Gasteiger partial charge on any atom is 0.271 e. The molecule has 2 aliphatic rings. The molecule has 1 fully saturated rings. The number of benzene rings is 1. The first-order valence-corrected chi connectivity index (χ1v) is 10.1. The molecule has 1 saturated heterocycles. The van der Waals surface area contributed by atoms with E-state index in [0.717, 1.165) is 61.5 Å². The first kappa shape index (κ1) is 16.7. The maximum absolute atomic E-state index is 5.83. The Morgan fingerprint density at radius 1 is 0.926 bits per heavy atom. The molecular formula is C19H22N4O3S+2. The van der Waals surface area contributed by atoms with E-state index in [4.69, 9.17) is 13.9 Å². The molecule has 27 heavy (non-hydrogen) atoms. The number of thiophene rings is 1. The van der Waals surface area contributed by atoms with Gasteiger partial charge < -0.3 is 23.7 Å². The standard InChI is InChI=1S/C19H20N4O3S/c1-2-17(27-9-1)19-21-20-18(26-19)12-23-7-5-22(6-8-23)11-14-3-4-15-16(10-14)25-13-24-15/h1-4,9-10H,5-8,11-13H2/p+2. The van der Waals surface area contributed by atoms with E-state index < -0.39 is 0 Å². The number of nitrogens with zero attached hydrogens (tertiary/aromatic N) is 2. The minimum absolute atomic E-state index is 0.331. The maximum atomic E-state index is 5.83. The van der Waals surface area contributed by atoms with Crippen molar-refractivity contribution in [2.75, 3.05) is 33.0 Å². The topological polar surface area (TPSA) is 66.3 Å². The molecule has 3 aromatic rings. The first-order valence-electron chi connectivity index (χ1n) is 9.25. The SMILES string of the molecule is c1csc(-c2nnc(C[NH+]3CC[NH+](Cc4ccc5c(c4)OCO5)CC3)o2)c1. The van der Waals surface area contributed by atoms with Crippen LogP contribution >= 0.6 is 11.3 Å². The van der Waals surface area contributed by atoms with Crippen LogP contribution in [0.25, 0.3) is 10.8 Å². The molecule has 0 amide bonds. The van der Waals surface area contributed by atoms with Gasteiger partial charge in [0.1, 0.15) is 32.7 Å². The average Bonchev–Trinajstić information content (AvgIpc) is 3.44. The van der Waals surface area contributed by atoms with Crippen LogP contribution in [0.3, 0.4) is 0 Å². The van der Waals surface area contributed by atoms with Crippen molar-refractivity contribution < 1.29 is 23.7 Å². The second-order valence-corrected chi connectivity index (χ2v) is 7.97. The van der Waals surface area contributed by atoms with Crippen LogP contribution in [0.15, 0.2) is 40.1 Å². The van der Waals surface area contributed by atoms with Crippen LogP contribution in [0.5, 0.6) is 11.5 Å². The summed E-state index contributed by atoms with van der Waals surface area (Å²) in [7, 11) is 0. The number of ether oxygens (including phenoxy) is 2. The molecule has 2 aliphatic heterocycles. The number of hydrogen-bond acceptors (Lipinski definition) is 6. The van der Waals surface area contributed by atoms with Gasteiger partial charge in [0.05, 0.1) is 4.88 Å².